The number of fused-ring (bicyclic) bond motifs is 1. The van der Waals surface area contributed by atoms with E-state index in [2.05, 4.69) is 5.32 Å². The van der Waals surface area contributed by atoms with Gasteiger partial charge in [0.25, 0.3) is 0 Å². The molecule has 1 aliphatic heterocycles. The van der Waals surface area contributed by atoms with Crippen LogP contribution in [0.1, 0.15) is 22.7 Å². The Balaban J connectivity index is 2.57. The summed E-state index contributed by atoms with van der Waals surface area (Å²) in [6.07, 6.45) is 0. The lowest BCUT2D eigenvalue weighted by Crippen LogP contribution is -2.21. The minimum absolute atomic E-state index is 0.444. The highest BCUT2D eigenvalue weighted by atomic mass is 16.4. The molecule has 4 nitrogen and oxygen atoms in total. The summed E-state index contributed by atoms with van der Waals surface area (Å²) >= 11 is 0. The van der Waals surface area contributed by atoms with Crippen LogP contribution in [0, 0.1) is 11.3 Å². The van der Waals surface area contributed by atoms with Crippen LogP contribution >= 0.6 is 0 Å². The van der Waals surface area contributed by atoms with Gasteiger partial charge in [-0.2, -0.15) is 5.26 Å². The van der Waals surface area contributed by atoms with Crippen molar-refractivity contribution in [2.75, 3.05) is 0 Å². The molecule has 0 bridgehead atoms. The summed E-state index contributed by atoms with van der Waals surface area (Å²) in [5.74, 6) is -0.938. The van der Waals surface area contributed by atoms with Gasteiger partial charge in [0.15, 0.2) is 0 Å². The highest BCUT2D eigenvalue weighted by Gasteiger charge is 2.29. The molecule has 1 aromatic carbocycles. The predicted octanol–water partition coefficient (Wildman–Crippen LogP) is 0.787. The van der Waals surface area contributed by atoms with Crippen molar-refractivity contribution >= 4 is 5.97 Å². The molecule has 0 aromatic heterocycles. The molecule has 0 saturated heterocycles. The second-order valence-corrected chi connectivity index (χ2v) is 3.14. The second kappa shape index (κ2) is 3.13. The Kier molecular flexibility index (Phi) is 1.95. The normalized spacial score (nSPS) is 18.6. The van der Waals surface area contributed by atoms with E-state index in [1.165, 1.54) is 0 Å². The fourth-order valence-corrected chi connectivity index (χ4v) is 1.73. The molecule has 14 heavy (non-hydrogen) atoms. The van der Waals surface area contributed by atoms with Gasteiger partial charge in [0, 0.05) is 12.1 Å². The average molecular weight is 188 g/mol. The number of carbonyl (C=O) groups is 1. The molecule has 0 unspecified atom stereocenters. The Hall–Kier alpha value is -1.86. The van der Waals surface area contributed by atoms with Crippen LogP contribution < -0.4 is 5.32 Å². The Labute approximate surface area is 80.8 Å². The summed E-state index contributed by atoms with van der Waals surface area (Å²) in [6.45, 7) is 0.516. The number of nitrogens with one attached hydrogen (secondary N) is 1. The summed E-state index contributed by atoms with van der Waals surface area (Å²) in [4.78, 5) is 10.9. The second-order valence-electron chi connectivity index (χ2n) is 3.14. The third kappa shape index (κ3) is 1.15. The summed E-state index contributed by atoms with van der Waals surface area (Å²) in [5, 5.41) is 20.6. The predicted molar refractivity (Wildman–Crippen MR) is 48.4 cm³/mol. The van der Waals surface area contributed by atoms with Gasteiger partial charge < -0.3 is 5.11 Å². The molecule has 70 valence electrons. The molecule has 2 N–H and O–H groups in total. The van der Waals surface area contributed by atoms with Crippen LogP contribution in [0.2, 0.25) is 0 Å². The zero-order valence-electron chi connectivity index (χ0n) is 7.32. The largest absolute Gasteiger partial charge is 0.480 e. The first-order chi connectivity index (χ1) is 6.74. The van der Waals surface area contributed by atoms with Gasteiger partial charge in [-0.1, -0.05) is 12.1 Å². The molecule has 0 fully saturated rings. The van der Waals surface area contributed by atoms with Crippen molar-refractivity contribution in [2.24, 2.45) is 0 Å². The lowest BCUT2D eigenvalue weighted by molar-refractivity contribution is -0.139. The lowest BCUT2D eigenvalue weighted by Gasteiger charge is -2.06. The van der Waals surface area contributed by atoms with Gasteiger partial charge in [-0.05, 0) is 11.6 Å². The summed E-state index contributed by atoms with van der Waals surface area (Å²) < 4.78 is 0. The lowest BCUT2D eigenvalue weighted by atomic mass is 9.99. The van der Waals surface area contributed by atoms with Crippen molar-refractivity contribution in [1.29, 1.82) is 5.26 Å². The van der Waals surface area contributed by atoms with Crippen LogP contribution in [0.4, 0.5) is 0 Å². The zero-order valence-corrected chi connectivity index (χ0v) is 7.32. The van der Waals surface area contributed by atoms with E-state index in [1.807, 2.05) is 12.1 Å². The van der Waals surface area contributed by atoms with E-state index in [1.54, 1.807) is 12.1 Å². The molecule has 0 radical (unpaired) electrons. The van der Waals surface area contributed by atoms with Gasteiger partial charge in [0.1, 0.15) is 6.04 Å². The Morgan fingerprint density at radius 2 is 2.43 bits per heavy atom. The van der Waals surface area contributed by atoms with Crippen LogP contribution in [0.15, 0.2) is 18.2 Å². The SMILES string of the molecule is N#Cc1cccc2c1[C@@H](C(=O)O)NC2. The smallest absolute Gasteiger partial charge is 0.325 e. The van der Waals surface area contributed by atoms with E-state index >= 15 is 0 Å². The van der Waals surface area contributed by atoms with Crippen molar-refractivity contribution in [3.63, 3.8) is 0 Å². The van der Waals surface area contributed by atoms with E-state index in [0.717, 1.165) is 5.56 Å². The monoisotopic (exact) mass is 188 g/mol. The number of hydrogen-bond acceptors (Lipinski definition) is 3. The molecule has 1 heterocycles. The number of carboxylic acid groups (broad SMARTS) is 1. The molecule has 0 amide bonds. The topological polar surface area (TPSA) is 73.1 Å². The number of nitriles is 1. The number of carboxylic acids is 1. The molecule has 1 aliphatic rings. The summed E-state index contributed by atoms with van der Waals surface area (Å²) in [7, 11) is 0. The van der Waals surface area contributed by atoms with Crippen LogP contribution in [-0.2, 0) is 11.3 Å². The van der Waals surface area contributed by atoms with Crippen LogP contribution in [0.25, 0.3) is 0 Å². The minimum Gasteiger partial charge on any atom is -0.480 e. The third-order valence-corrected chi connectivity index (χ3v) is 2.35. The van der Waals surface area contributed by atoms with Crippen molar-refractivity contribution in [3.05, 3.63) is 34.9 Å². The van der Waals surface area contributed by atoms with E-state index in [-0.39, 0.29) is 0 Å². The van der Waals surface area contributed by atoms with Gasteiger partial charge in [-0.25, -0.2) is 0 Å². The Bertz CT molecular complexity index is 434. The fourth-order valence-electron chi connectivity index (χ4n) is 1.73. The molecule has 1 atom stereocenters. The maximum absolute atomic E-state index is 10.9. The van der Waals surface area contributed by atoms with Crippen LogP contribution in [0.3, 0.4) is 0 Å². The first kappa shape index (κ1) is 8.73. The van der Waals surface area contributed by atoms with Crippen molar-refractivity contribution in [3.8, 4) is 6.07 Å². The molecule has 1 aromatic rings. The Morgan fingerprint density at radius 3 is 3.07 bits per heavy atom. The van der Waals surface area contributed by atoms with Gasteiger partial charge in [0.2, 0.25) is 0 Å². The summed E-state index contributed by atoms with van der Waals surface area (Å²) in [5.41, 5.74) is 1.96. The highest BCUT2D eigenvalue weighted by Crippen LogP contribution is 2.28. The first-order valence-electron chi connectivity index (χ1n) is 4.22. The van der Waals surface area contributed by atoms with Gasteiger partial charge in [-0.3, -0.25) is 10.1 Å². The third-order valence-electron chi connectivity index (χ3n) is 2.35. The van der Waals surface area contributed by atoms with Gasteiger partial charge in [-0.15, -0.1) is 0 Å². The maximum Gasteiger partial charge on any atom is 0.325 e. The Morgan fingerprint density at radius 1 is 1.64 bits per heavy atom. The van der Waals surface area contributed by atoms with Gasteiger partial charge >= 0.3 is 5.97 Å². The number of nitrogens with zero attached hydrogens (tertiary/aromatic N) is 1. The molecule has 4 heteroatoms. The van der Waals surface area contributed by atoms with Crippen molar-refractivity contribution in [2.45, 2.75) is 12.6 Å². The quantitative estimate of drug-likeness (QED) is 0.683. The molecule has 0 saturated carbocycles. The number of hydrogen-bond donors (Lipinski definition) is 2. The minimum atomic E-state index is -0.938. The standard InChI is InChI=1S/C10H8N2O2/c11-4-6-2-1-3-7-5-12-9(8(6)7)10(13)14/h1-3,9,12H,5H2,(H,13,14)/t9-/m0/s1. The first-order valence-corrected chi connectivity index (χ1v) is 4.22. The van der Waals surface area contributed by atoms with Crippen LogP contribution in [-0.4, -0.2) is 11.1 Å². The molecule has 0 aliphatic carbocycles. The van der Waals surface area contributed by atoms with E-state index < -0.39 is 12.0 Å². The van der Waals surface area contributed by atoms with Crippen molar-refractivity contribution in [1.82, 2.24) is 5.32 Å². The zero-order chi connectivity index (χ0) is 10.1. The molecular weight excluding hydrogens is 180 g/mol. The molecular formula is C10H8N2O2. The maximum atomic E-state index is 10.9. The van der Waals surface area contributed by atoms with E-state index in [9.17, 15) is 4.79 Å². The molecule has 0 spiro atoms. The van der Waals surface area contributed by atoms with E-state index in [0.29, 0.717) is 17.7 Å². The number of benzene rings is 1. The van der Waals surface area contributed by atoms with Crippen LogP contribution in [0.5, 0.6) is 0 Å². The molecule has 2 rings (SSSR count). The van der Waals surface area contributed by atoms with Crippen molar-refractivity contribution < 1.29 is 9.90 Å². The number of rotatable bonds is 1. The average Bonchev–Trinajstić information content (AvgIpc) is 2.60. The van der Waals surface area contributed by atoms with E-state index in [4.69, 9.17) is 10.4 Å². The fraction of sp³-hybridized carbons (Fsp3) is 0.200. The van der Waals surface area contributed by atoms with Gasteiger partial charge in [0.05, 0.1) is 11.6 Å². The summed E-state index contributed by atoms with van der Waals surface area (Å²) in [6, 6.07) is 6.52. The number of aliphatic carboxylic acids is 1. The highest BCUT2D eigenvalue weighted by molar-refractivity contribution is 5.78.